The van der Waals surface area contributed by atoms with Gasteiger partial charge in [-0.1, -0.05) is 0 Å². The Morgan fingerprint density at radius 1 is 1.42 bits per heavy atom. The highest BCUT2D eigenvalue weighted by molar-refractivity contribution is 5.92. The monoisotopic (exact) mass is 325 g/mol. The summed E-state index contributed by atoms with van der Waals surface area (Å²) in [5.74, 6) is 0.932. The zero-order valence-electron chi connectivity index (χ0n) is 12.2. The van der Waals surface area contributed by atoms with Gasteiger partial charge in [-0.15, -0.1) is 5.10 Å². The van der Waals surface area contributed by atoms with Crippen LogP contribution in [0.15, 0.2) is 46.1 Å². The molecule has 0 saturated heterocycles. The number of nitrogens with zero attached hydrogens (tertiary/aromatic N) is 4. The van der Waals surface area contributed by atoms with E-state index < -0.39 is 11.6 Å². The van der Waals surface area contributed by atoms with Crippen LogP contribution >= 0.6 is 0 Å². The van der Waals surface area contributed by atoms with Crippen molar-refractivity contribution in [1.29, 1.82) is 0 Å². The van der Waals surface area contributed by atoms with Crippen LogP contribution < -0.4 is 11.0 Å². The molecule has 4 heterocycles. The number of fused-ring (bicyclic) bond motifs is 1. The fraction of sp³-hybridized carbons (Fsp3) is 0.0714. The summed E-state index contributed by atoms with van der Waals surface area (Å²) in [4.78, 5) is 34.7. The predicted octanol–water partition coefficient (Wildman–Crippen LogP) is 0.331. The summed E-state index contributed by atoms with van der Waals surface area (Å²) in [6.45, 7) is 0.119. The number of imidazole rings is 1. The molecular formula is C14H11N7O3. The molecule has 4 aromatic heterocycles. The van der Waals surface area contributed by atoms with Gasteiger partial charge >= 0.3 is 5.69 Å². The summed E-state index contributed by atoms with van der Waals surface area (Å²) in [5, 5.41) is 9.37. The van der Waals surface area contributed by atoms with E-state index in [0.717, 1.165) is 0 Å². The van der Waals surface area contributed by atoms with Crippen LogP contribution in [0.4, 0.5) is 0 Å². The molecule has 0 unspecified atom stereocenters. The van der Waals surface area contributed by atoms with Crippen molar-refractivity contribution in [3.05, 3.63) is 58.9 Å². The number of carbonyl (C=O) groups excluding carboxylic acids is 1. The first-order chi connectivity index (χ1) is 11.7. The highest BCUT2D eigenvalue weighted by atomic mass is 16.3. The summed E-state index contributed by atoms with van der Waals surface area (Å²) in [6, 6.07) is 4.96. The molecule has 0 spiro atoms. The van der Waals surface area contributed by atoms with Gasteiger partial charge in [0.25, 0.3) is 5.91 Å². The molecular weight excluding hydrogens is 314 g/mol. The van der Waals surface area contributed by atoms with E-state index in [0.29, 0.717) is 23.1 Å². The molecule has 10 heteroatoms. The molecule has 0 aliphatic heterocycles. The van der Waals surface area contributed by atoms with E-state index in [1.54, 1.807) is 12.1 Å². The van der Waals surface area contributed by atoms with Gasteiger partial charge in [-0.05, 0) is 12.1 Å². The third kappa shape index (κ3) is 2.45. The van der Waals surface area contributed by atoms with Crippen molar-refractivity contribution < 1.29 is 9.21 Å². The lowest BCUT2D eigenvalue weighted by Gasteiger charge is -2.03. The number of hydrogen-bond acceptors (Lipinski definition) is 6. The Morgan fingerprint density at radius 3 is 3.17 bits per heavy atom. The summed E-state index contributed by atoms with van der Waals surface area (Å²) in [5.41, 5.74) is 0.0723. The fourth-order valence-electron chi connectivity index (χ4n) is 2.21. The molecule has 10 nitrogen and oxygen atoms in total. The summed E-state index contributed by atoms with van der Waals surface area (Å²) >= 11 is 0. The van der Waals surface area contributed by atoms with Gasteiger partial charge in [0, 0.05) is 18.5 Å². The van der Waals surface area contributed by atoms with Gasteiger partial charge in [0.05, 0.1) is 12.8 Å². The van der Waals surface area contributed by atoms with E-state index in [4.69, 9.17) is 4.42 Å². The smallest absolute Gasteiger partial charge is 0.331 e. The largest absolute Gasteiger partial charge is 0.461 e. The van der Waals surface area contributed by atoms with Gasteiger partial charge in [-0.2, -0.15) is 0 Å². The van der Waals surface area contributed by atoms with Gasteiger partial charge in [-0.3, -0.25) is 14.3 Å². The zero-order valence-corrected chi connectivity index (χ0v) is 12.2. The predicted molar refractivity (Wildman–Crippen MR) is 81.1 cm³/mol. The van der Waals surface area contributed by atoms with Crippen LogP contribution in [0, 0.1) is 0 Å². The van der Waals surface area contributed by atoms with Crippen LogP contribution in [0.25, 0.3) is 17.2 Å². The fourth-order valence-corrected chi connectivity index (χ4v) is 2.21. The lowest BCUT2D eigenvalue weighted by molar-refractivity contribution is 0.0944. The van der Waals surface area contributed by atoms with Crippen LogP contribution in [0.2, 0.25) is 0 Å². The number of aromatic amines is 2. The molecule has 0 aliphatic carbocycles. The molecule has 3 N–H and O–H groups in total. The van der Waals surface area contributed by atoms with Crippen molar-refractivity contribution in [3.63, 3.8) is 0 Å². The topological polar surface area (TPSA) is 134 Å². The molecule has 0 bridgehead atoms. The van der Waals surface area contributed by atoms with Gasteiger partial charge in [0.15, 0.2) is 5.76 Å². The number of H-pyrrole nitrogens is 2. The van der Waals surface area contributed by atoms with E-state index >= 15 is 0 Å². The van der Waals surface area contributed by atoms with Crippen LogP contribution in [0.3, 0.4) is 0 Å². The highest BCUT2D eigenvalue weighted by Gasteiger charge is 2.12. The Balaban J connectivity index is 1.49. The Labute approximate surface area is 133 Å². The lowest BCUT2D eigenvalue weighted by atomic mass is 10.3. The lowest BCUT2D eigenvalue weighted by Crippen LogP contribution is -2.28. The second-order valence-corrected chi connectivity index (χ2v) is 4.91. The van der Waals surface area contributed by atoms with Crippen molar-refractivity contribution in [1.82, 2.24) is 34.9 Å². The molecule has 4 aromatic rings. The summed E-state index contributed by atoms with van der Waals surface area (Å²) in [7, 11) is 0. The summed E-state index contributed by atoms with van der Waals surface area (Å²) in [6.07, 6.45) is 4.52. The Bertz CT molecular complexity index is 1060. The van der Waals surface area contributed by atoms with Crippen molar-refractivity contribution in [2.24, 2.45) is 0 Å². The minimum absolute atomic E-state index is 0.115. The second-order valence-electron chi connectivity index (χ2n) is 4.91. The van der Waals surface area contributed by atoms with E-state index in [-0.39, 0.29) is 12.2 Å². The SMILES string of the molecule is O=C(NCc1nc(-c2ccco2)n[nH]1)c1cc2nccn2c(=O)[nH]1. The number of rotatable bonds is 4. The first-order valence-corrected chi connectivity index (χ1v) is 7.00. The minimum Gasteiger partial charge on any atom is -0.461 e. The molecule has 0 saturated carbocycles. The minimum atomic E-state index is -0.450. The molecule has 120 valence electrons. The van der Waals surface area contributed by atoms with Crippen molar-refractivity contribution in [2.45, 2.75) is 6.54 Å². The third-order valence-corrected chi connectivity index (χ3v) is 3.34. The quantitative estimate of drug-likeness (QED) is 0.495. The number of aromatic nitrogens is 6. The van der Waals surface area contributed by atoms with Gasteiger partial charge in [0.2, 0.25) is 5.82 Å². The molecule has 24 heavy (non-hydrogen) atoms. The molecule has 0 aliphatic rings. The van der Waals surface area contributed by atoms with Gasteiger partial charge in [0.1, 0.15) is 17.2 Å². The van der Waals surface area contributed by atoms with E-state index in [1.807, 2.05) is 0 Å². The van der Waals surface area contributed by atoms with Crippen LogP contribution in [-0.2, 0) is 6.54 Å². The number of carbonyl (C=O) groups is 1. The first kappa shape index (κ1) is 13.9. The molecule has 0 atom stereocenters. The maximum absolute atomic E-state index is 12.2. The number of amides is 1. The average Bonchev–Trinajstić information content (AvgIpc) is 3.31. The molecule has 0 radical (unpaired) electrons. The molecule has 1 amide bonds. The van der Waals surface area contributed by atoms with Gasteiger partial charge < -0.3 is 14.7 Å². The molecule has 0 aromatic carbocycles. The molecule has 0 fully saturated rings. The number of furan rings is 1. The van der Waals surface area contributed by atoms with Gasteiger partial charge in [-0.25, -0.2) is 14.8 Å². The molecule has 4 rings (SSSR count). The van der Waals surface area contributed by atoms with E-state index in [2.05, 4.69) is 30.5 Å². The third-order valence-electron chi connectivity index (χ3n) is 3.34. The Hall–Kier alpha value is -3.69. The van der Waals surface area contributed by atoms with Crippen LogP contribution in [-0.4, -0.2) is 35.5 Å². The maximum Gasteiger partial charge on any atom is 0.331 e. The van der Waals surface area contributed by atoms with E-state index in [1.165, 1.54) is 29.1 Å². The van der Waals surface area contributed by atoms with Crippen LogP contribution in [0.1, 0.15) is 16.3 Å². The standard InChI is InChI=1S/C14H11N7O3/c22-13(8-6-11-15-3-4-21(11)14(23)17-8)16-7-10-18-12(20-19-10)9-2-1-5-24-9/h1-6H,7H2,(H,16,22)(H,17,23)(H,18,19,20). The normalized spacial score (nSPS) is 11.0. The number of hydrogen-bond donors (Lipinski definition) is 3. The van der Waals surface area contributed by atoms with Crippen molar-refractivity contribution >= 4 is 11.6 Å². The Morgan fingerprint density at radius 2 is 2.33 bits per heavy atom. The Kier molecular flexibility index (Phi) is 3.19. The highest BCUT2D eigenvalue weighted by Crippen LogP contribution is 2.14. The van der Waals surface area contributed by atoms with Crippen molar-refractivity contribution in [2.75, 3.05) is 0 Å². The van der Waals surface area contributed by atoms with Crippen molar-refractivity contribution in [3.8, 4) is 11.6 Å². The first-order valence-electron chi connectivity index (χ1n) is 7.00. The zero-order chi connectivity index (χ0) is 16.5. The second kappa shape index (κ2) is 5.50. The number of nitrogens with one attached hydrogen (secondary N) is 3. The summed E-state index contributed by atoms with van der Waals surface area (Å²) < 4.78 is 6.50. The average molecular weight is 325 g/mol. The van der Waals surface area contributed by atoms with Crippen LogP contribution in [0.5, 0.6) is 0 Å². The van der Waals surface area contributed by atoms with E-state index in [9.17, 15) is 9.59 Å². The maximum atomic E-state index is 12.2.